The second kappa shape index (κ2) is 7.89. The number of carbonyl (C=O) groups excluding carboxylic acids is 1. The second-order valence-electron chi connectivity index (χ2n) is 4.68. The first-order chi connectivity index (χ1) is 11.0. The van der Waals surface area contributed by atoms with Crippen LogP contribution in [0.3, 0.4) is 0 Å². The summed E-state index contributed by atoms with van der Waals surface area (Å²) < 4.78 is 32.2. The fraction of sp³-hybridized carbons (Fsp3) is 0.188. The Morgan fingerprint density at radius 2 is 1.83 bits per heavy atom. The molecular formula is C16H15ClF2N2O2. The van der Waals surface area contributed by atoms with E-state index in [0.29, 0.717) is 10.6 Å². The molecule has 0 saturated heterocycles. The van der Waals surface area contributed by atoms with E-state index < -0.39 is 29.5 Å². The maximum atomic E-state index is 13.5. The zero-order chi connectivity index (χ0) is 16.8. The molecule has 2 rings (SSSR count). The van der Waals surface area contributed by atoms with Crippen LogP contribution in [0, 0.1) is 11.6 Å². The van der Waals surface area contributed by atoms with Gasteiger partial charge in [-0.2, -0.15) is 0 Å². The molecule has 0 aromatic heterocycles. The summed E-state index contributed by atoms with van der Waals surface area (Å²) in [7, 11) is 1.48. The predicted octanol–water partition coefficient (Wildman–Crippen LogP) is 4.13. The molecule has 7 heteroatoms. The van der Waals surface area contributed by atoms with Crippen LogP contribution in [0.4, 0.5) is 19.3 Å². The molecule has 0 aliphatic carbocycles. The minimum absolute atomic E-state index is 0.0855. The number of rotatable bonds is 5. The number of urea groups is 1. The van der Waals surface area contributed by atoms with Crippen molar-refractivity contribution < 1.29 is 18.3 Å². The first-order valence-corrected chi connectivity index (χ1v) is 7.16. The number of hydrogen-bond donors (Lipinski definition) is 2. The van der Waals surface area contributed by atoms with Crippen LogP contribution in [0.15, 0.2) is 42.5 Å². The molecule has 4 nitrogen and oxygen atoms in total. The van der Waals surface area contributed by atoms with Gasteiger partial charge in [-0.15, -0.1) is 0 Å². The molecule has 122 valence electrons. The first kappa shape index (κ1) is 17.2. The van der Waals surface area contributed by atoms with Gasteiger partial charge in [0.05, 0.1) is 0 Å². The van der Waals surface area contributed by atoms with Crippen molar-refractivity contribution in [2.75, 3.05) is 19.0 Å². The Hall–Kier alpha value is -2.18. The lowest BCUT2D eigenvalue weighted by Crippen LogP contribution is -2.33. The number of carbonyl (C=O) groups is 1. The monoisotopic (exact) mass is 340 g/mol. The number of amides is 2. The van der Waals surface area contributed by atoms with E-state index in [2.05, 4.69) is 10.6 Å². The Bertz CT molecular complexity index is 677. The van der Waals surface area contributed by atoms with Crippen molar-refractivity contribution in [3.8, 4) is 0 Å². The third kappa shape index (κ3) is 4.40. The maximum Gasteiger partial charge on any atom is 0.319 e. The summed E-state index contributed by atoms with van der Waals surface area (Å²) in [5.74, 6) is -1.70. The lowest BCUT2D eigenvalue weighted by Gasteiger charge is -2.18. The van der Waals surface area contributed by atoms with Gasteiger partial charge in [0.1, 0.15) is 23.4 Å². The van der Waals surface area contributed by atoms with Gasteiger partial charge in [0, 0.05) is 24.2 Å². The molecular weight excluding hydrogens is 326 g/mol. The van der Waals surface area contributed by atoms with Crippen LogP contribution in [0.2, 0.25) is 5.02 Å². The molecule has 1 unspecified atom stereocenters. The quantitative estimate of drug-likeness (QED) is 0.860. The summed E-state index contributed by atoms with van der Waals surface area (Å²) in [6.45, 7) is 0.0855. The van der Waals surface area contributed by atoms with Gasteiger partial charge in [-0.1, -0.05) is 35.9 Å². The van der Waals surface area contributed by atoms with E-state index in [-0.39, 0.29) is 6.54 Å². The van der Waals surface area contributed by atoms with Gasteiger partial charge in [-0.05, 0) is 18.2 Å². The highest BCUT2D eigenvalue weighted by Gasteiger charge is 2.16. The highest BCUT2D eigenvalue weighted by molar-refractivity contribution is 6.31. The largest absolute Gasteiger partial charge is 0.375 e. The van der Waals surface area contributed by atoms with Crippen LogP contribution in [0.25, 0.3) is 0 Å². The van der Waals surface area contributed by atoms with E-state index in [1.54, 1.807) is 24.3 Å². The highest BCUT2D eigenvalue weighted by Crippen LogP contribution is 2.24. The number of halogens is 3. The number of nitrogens with one attached hydrogen (secondary N) is 2. The Morgan fingerprint density at radius 1 is 1.17 bits per heavy atom. The Morgan fingerprint density at radius 3 is 2.43 bits per heavy atom. The van der Waals surface area contributed by atoms with E-state index in [1.807, 2.05) is 0 Å². The summed E-state index contributed by atoms with van der Waals surface area (Å²) in [5, 5.41) is 5.13. The van der Waals surface area contributed by atoms with E-state index >= 15 is 0 Å². The van der Waals surface area contributed by atoms with Crippen molar-refractivity contribution in [3.63, 3.8) is 0 Å². The molecule has 0 aliphatic rings. The Labute approximate surface area is 137 Å². The summed E-state index contributed by atoms with van der Waals surface area (Å²) in [6, 6.07) is 9.63. The standard InChI is InChI=1S/C16H15ClF2N2O2/c1-23-14(10-5-2-3-6-11(10)17)9-20-16(22)21-15-12(18)7-4-8-13(15)19/h2-8,14H,9H2,1H3,(H2,20,21,22). The van der Waals surface area contributed by atoms with Gasteiger partial charge in [0.15, 0.2) is 0 Å². The number of ether oxygens (including phenoxy) is 1. The third-order valence-electron chi connectivity index (χ3n) is 3.19. The average Bonchev–Trinajstić information content (AvgIpc) is 2.53. The minimum atomic E-state index is -0.852. The highest BCUT2D eigenvalue weighted by atomic mass is 35.5. The van der Waals surface area contributed by atoms with Crippen LogP contribution < -0.4 is 10.6 Å². The van der Waals surface area contributed by atoms with E-state index in [4.69, 9.17) is 16.3 Å². The third-order valence-corrected chi connectivity index (χ3v) is 3.53. The molecule has 2 amide bonds. The van der Waals surface area contributed by atoms with Crippen molar-refractivity contribution in [2.24, 2.45) is 0 Å². The van der Waals surface area contributed by atoms with E-state index in [0.717, 1.165) is 12.1 Å². The SMILES string of the molecule is COC(CNC(=O)Nc1c(F)cccc1F)c1ccccc1Cl. The molecule has 2 aromatic rings. The van der Waals surface area contributed by atoms with Gasteiger partial charge in [0.25, 0.3) is 0 Å². The molecule has 0 radical (unpaired) electrons. The molecule has 0 spiro atoms. The Kier molecular flexibility index (Phi) is 5.90. The lowest BCUT2D eigenvalue weighted by atomic mass is 10.1. The van der Waals surface area contributed by atoms with Gasteiger partial charge >= 0.3 is 6.03 Å². The van der Waals surface area contributed by atoms with Crippen LogP contribution in [0.5, 0.6) is 0 Å². The van der Waals surface area contributed by atoms with E-state index in [1.165, 1.54) is 13.2 Å². The summed E-state index contributed by atoms with van der Waals surface area (Å²) in [6.07, 6.45) is -0.486. The van der Waals surface area contributed by atoms with Crippen molar-refractivity contribution >= 4 is 23.3 Å². The summed E-state index contributed by atoms with van der Waals surface area (Å²) in [5.41, 5.74) is 0.200. The van der Waals surface area contributed by atoms with Crippen LogP contribution in [-0.2, 0) is 4.74 Å². The molecule has 0 saturated carbocycles. The van der Waals surface area contributed by atoms with Crippen molar-refractivity contribution in [1.29, 1.82) is 0 Å². The van der Waals surface area contributed by atoms with Crippen LogP contribution in [-0.4, -0.2) is 19.7 Å². The summed E-state index contributed by atoms with van der Waals surface area (Å²) in [4.78, 5) is 11.8. The van der Waals surface area contributed by atoms with Gasteiger partial charge in [-0.25, -0.2) is 13.6 Å². The van der Waals surface area contributed by atoms with Crippen molar-refractivity contribution in [3.05, 3.63) is 64.7 Å². The van der Waals surface area contributed by atoms with Crippen molar-refractivity contribution in [2.45, 2.75) is 6.10 Å². The van der Waals surface area contributed by atoms with Gasteiger partial charge < -0.3 is 15.4 Å². The topological polar surface area (TPSA) is 50.4 Å². The summed E-state index contributed by atoms with van der Waals surface area (Å²) >= 11 is 6.08. The van der Waals surface area contributed by atoms with Crippen molar-refractivity contribution in [1.82, 2.24) is 5.32 Å². The molecule has 0 heterocycles. The number of hydrogen-bond acceptors (Lipinski definition) is 2. The molecule has 0 aliphatic heterocycles. The van der Waals surface area contributed by atoms with E-state index in [9.17, 15) is 13.6 Å². The normalized spacial score (nSPS) is 11.8. The minimum Gasteiger partial charge on any atom is -0.375 e. The molecule has 1 atom stereocenters. The molecule has 0 bridgehead atoms. The fourth-order valence-corrected chi connectivity index (χ4v) is 2.27. The lowest BCUT2D eigenvalue weighted by molar-refractivity contribution is 0.104. The second-order valence-corrected chi connectivity index (χ2v) is 5.08. The smallest absolute Gasteiger partial charge is 0.319 e. The number of para-hydroxylation sites is 1. The molecule has 2 aromatic carbocycles. The Balaban J connectivity index is 1.99. The maximum absolute atomic E-state index is 13.5. The van der Waals surface area contributed by atoms with Crippen LogP contribution >= 0.6 is 11.6 Å². The predicted molar refractivity (Wildman–Crippen MR) is 84.6 cm³/mol. The zero-order valence-electron chi connectivity index (χ0n) is 12.3. The van der Waals surface area contributed by atoms with Gasteiger partial charge in [0.2, 0.25) is 0 Å². The average molecular weight is 341 g/mol. The zero-order valence-corrected chi connectivity index (χ0v) is 13.0. The first-order valence-electron chi connectivity index (χ1n) is 6.79. The van der Waals surface area contributed by atoms with Gasteiger partial charge in [-0.3, -0.25) is 0 Å². The molecule has 2 N–H and O–H groups in total. The number of anilines is 1. The molecule has 0 fully saturated rings. The number of benzene rings is 2. The molecule has 23 heavy (non-hydrogen) atoms. The number of methoxy groups -OCH3 is 1. The fourth-order valence-electron chi connectivity index (χ4n) is 2.02. The van der Waals surface area contributed by atoms with Crippen LogP contribution in [0.1, 0.15) is 11.7 Å².